The van der Waals surface area contributed by atoms with Crippen molar-refractivity contribution in [2.45, 2.75) is 31.9 Å². The molecule has 2 fully saturated rings. The molecular weight excluding hydrogens is 608 g/mol. The molecule has 0 radical (unpaired) electrons. The first-order chi connectivity index (χ1) is 21.0. The Morgan fingerprint density at radius 3 is 2.43 bits per heavy atom. The third kappa shape index (κ3) is 7.04. The van der Waals surface area contributed by atoms with Gasteiger partial charge in [0.25, 0.3) is 11.8 Å². The molecule has 3 amide bonds. The maximum absolute atomic E-state index is 13.4. The van der Waals surface area contributed by atoms with E-state index in [1.165, 1.54) is 24.4 Å². The lowest BCUT2D eigenvalue weighted by Crippen LogP contribution is -2.52. The number of piperidine rings is 1. The molecule has 0 saturated carbocycles. The van der Waals surface area contributed by atoms with E-state index in [0.29, 0.717) is 26.2 Å². The van der Waals surface area contributed by atoms with Gasteiger partial charge in [0.1, 0.15) is 0 Å². The number of rotatable bonds is 8. The maximum Gasteiger partial charge on any atom is 0.435 e. The maximum atomic E-state index is 13.4. The number of aromatic amines is 2. The summed E-state index contributed by atoms with van der Waals surface area (Å²) >= 11 is 6.41. The van der Waals surface area contributed by atoms with Gasteiger partial charge < -0.3 is 25.4 Å². The highest BCUT2D eigenvalue weighted by Crippen LogP contribution is 2.33. The van der Waals surface area contributed by atoms with Crippen LogP contribution in [0.1, 0.15) is 56.5 Å². The Kier molecular flexibility index (Phi) is 9.53. The van der Waals surface area contributed by atoms with E-state index in [2.05, 4.69) is 30.8 Å². The van der Waals surface area contributed by atoms with Crippen molar-refractivity contribution in [1.82, 2.24) is 35.3 Å². The summed E-state index contributed by atoms with van der Waals surface area (Å²) in [5.41, 5.74) is -0.666. The Hall–Kier alpha value is -3.98. The Labute approximate surface area is 254 Å². The molecule has 4 heterocycles. The molecule has 2 aliphatic heterocycles. The number of anilines is 1. The van der Waals surface area contributed by atoms with Crippen LogP contribution in [0.15, 0.2) is 24.4 Å². The summed E-state index contributed by atoms with van der Waals surface area (Å²) in [6.07, 6.45) is -2.47. The highest BCUT2D eigenvalue weighted by molar-refractivity contribution is 6.34. The summed E-state index contributed by atoms with van der Waals surface area (Å²) in [4.78, 5) is 48.9. The second kappa shape index (κ2) is 13.3. The molecule has 2 saturated heterocycles. The van der Waals surface area contributed by atoms with Gasteiger partial charge in [0.15, 0.2) is 11.5 Å². The van der Waals surface area contributed by atoms with Gasteiger partial charge in [-0.05, 0) is 44.1 Å². The van der Waals surface area contributed by atoms with Crippen LogP contribution in [0.5, 0.6) is 0 Å². The smallest absolute Gasteiger partial charge is 0.339 e. The Bertz CT molecular complexity index is 1510. The Balaban J connectivity index is 1.18. The number of nitrogens with zero attached hydrogens (tertiary/aromatic N) is 4. The van der Waals surface area contributed by atoms with E-state index in [-0.39, 0.29) is 69.6 Å². The quantitative estimate of drug-likeness (QED) is 0.279. The fourth-order valence-electron chi connectivity index (χ4n) is 5.47. The van der Waals surface area contributed by atoms with Crippen molar-refractivity contribution in [3.63, 3.8) is 0 Å². The first-order valence-electron chi connectivity index (χ1n) is 14.2. The van der Waals surface area contributed by atoms with E-state index in [4.69, 9.17) is 11.6 Å². The predicted molar refractivity (Wildman–Crippen MR) is 152 cm³/mol. The van der Waals surface area contributed by atoms with Gasteiger partial charge >= 0.3 is 6.18 Å². The number of piperazine rings is 1. The highest BCUT2D eigenvalue weighted by Gasteiger charge is 2.38. The number of nitrogens with one attached hydrogen (secondary N) is 4. The normalized spacial score (nSPS) is 16.3. The molecular formula is C28H31ClF4N8O3. The number of hydrogen-bond acceptors (Lipinski definition) is 6. The van der Waals surface area contributed by atoms with Crippen LogP contribution in [0.3, 0.4) is 0 Å². The fraction of sp³-hybridized carbons (Fsp3) is 0.464. The second-order valence-electron chi connectivity index (χ2n) is 10.7. The van der Waals surface area contributed by atoms with Crippen LogP contribution in [0.4, 0.5) is 23.2 Å². The summed E-state index contributed by atoms with van der Waals surface area (Å²) in [5, 5.41) is 11.5. The van der Waals surface area contributed by atoms with Crippen LogP contribution in [0.25, 0.3) is 0 Å². The van der Waals surface area contributed by atoms with Crippen molar-refractivity contribution in [2.24, 2.45) is 5.92 Å². The number of H-pyrrole nitrogens is 2. The molecule has 0 atom stereocenters. The first kappa shape index (κ1) is 31.4. The van der Waals surface area contributed by atoms with Crippen LogP contribution in [0, 0.1) is 5.92 Å². The summed E-state index contributed by atoms with van der Waals surface area (Å²) < 4.78 is 53.0. The molecule has 0 aliphatic carbocycles. The lowest BCUT2D eigenvalue weighted by Gasteiger charge is -2.37. The minimum Gasteiger partial charge on any atom is -0.339 e. The minimum absolute atomic E-state index is 0.0114. The van der Waals surface area contributed by atoms with E-state index >= 15 is 0 Å². The predicted octanol–water partition coefficient (Wildman–Crippen LogP) is 3.44. The minimum atomic E-state index is -4.74. The van der Waals surface area contributed by atoms with E-state index < -0.39 is 24.5 Å². The lowest BCUT2D eigenvalue weighted by atomic mass is 9.96. The van der Waals surface area contributed by atoms with Gasteiger partial charge in [0.05, 0.1) is 17.3 Å². The van der Waals surface area contributed by atoms with E-state index in [0.717, 1.165) is 25.9 Å². The van der Waals surface area contributed by atoms with Gasteiger partial charge in [-0.1, -0.05) is 11.6 Å². The van der Waals surface area contributed by atoms with Crippen LogP contribution in [0.2, 0.25) is 5.02 Å². The third-order valence-corrected chi connectivity index (χ3v) is 8.11. The topological polar surface area (TPSA) is 139 Å². The van der Waals surface area contributed by atoms with Crippen LogP contribution in [-0.2, 0) is 23.8 Å². The zero-order valence-electron chi connectivity index (χ0n) is 23.6. The van der Waals surface area contributed by atoms with Gasteiger partial charge in [-0.25, -0.2) is 4.98 Å². The standard InChI is InChI=1S/C28H31ClF4N8O3/c29-21-14-17(1-2-19(21)27(44)41-11-9-40(10-12-41)26(43)16-4-7-34-8-5-16)37-25(42)24-35-15-18(36-24)13-20-22(3-6-30)38-39-23(20)28(31,32)33/h1-2,14-16,34H,3-13H2,(H,35,36)(H,37,42)(H,38,39). The van der Waals surface area contributed by atoms with E-state index in [9.17, 15) is 31.9 Å². The highest BCUT2D eigenvalue weighted by atomic mass is 35.5. The van der Waals surface area contributed by atoms with Crippen molar-refractivity contribution in [2.75, 3.05) is 51.3 Å². The van der Waals surface area contributed by atoms with Gasteiger partial charge in [0, 0.05) is 73.8 Å². The molecule has 11 nitrogen and oxygen atoms in total. The summed E-state index contributed by atoms with van der Waals surface area (Å²) in [6, 6.07) is 4.41. The summed E-state index contributed by atoms with van der Waals surface area (Å²) in [6.45, 7) is 2.43. The zero-order chi connectivity index (χ0) is 31.4. The largest absolute Gasteiger partial charge is 0.435 e. The zero-order valence-corrected chi connectivity index (χ0v) is 24.3. The van der Waals surface area contributed by atoms with Gasteiger partial charge in [-0.15, -0.1) is 0 Å². The monoisotopic (exact) mass is 638 g/mol. The van der Waals surface area contributed by atoms with Gasteiger partial charge in [0.2, 0.25) is 5.91 Å². The molecule has 3 aromatic rings. The molecule has 4 N–H and O–H groups in total. The number of halogens is 5. The average Bonchev–Trinajstić information content (AvgIpc) is 3.65. The van der Waals surface area contributed by atoms with Gasteiger partial charge in [-0.3, -0.25) is 23.9 Å². The third-order valence-electron chi connectivity index (χ3n) is 7.80. The molecule has 2 aliphatic rings. The second-order valence-corrected chi connectivity index (χ2v) is 11.1. The summed E-state index contributed by atoms with van der Waals surface area (Å²) in [7, 11) is 0. The van der Waals surface area contributed by atoms with Crippen molar-refractivity contribution in [1.29, 1.82) is 0 Å². The van der Waals surface area contributed by atoms with Gasteiger partial charge in [-0.2, -0.15) is 18.3 Å². The number of imidazole rings is 1. The number of carbonyl (C=O) groups is 3. The number of amides is 3. The van der Waals surface area contributed by atoms with E-state index in [1.807, 2.05) is 4.90 Å². The molecule has 236 valence electrons. The average molecular weight is 639 g/mol. The van der Waals surface area contributed by atoms with Crippen molar-refractivity contribution in [3.8, 4) is 0 Å². The number of alkyl halides is 4. The molecule has 0 spiro atoms. The molecule has 16 heteroatoms. The number of hydrogen-bond donors (Lipinski definition) is 4. The van der Waals surface area contributed by atoms with Crippen LogP contribution >= 0.6 is 11.6 Å². The number of benzene rings is 1. The van der Waals surface area contributed by atoms with Crippen molar-refractivity contribution < 1.29 is 31.9 Å². The molecule has 0 unspecified atom stereocenters. The van der Waals surface area contributed by atoms with Crippen molar-refractivity contribution in [3.05, 3.63) is 63.5 Å². The fourth-order valence-corrected chi connectivity index (χ4v) is 5.73. The van der Waals surface area contributed by atoms with E-state index in [1.54, 1.807) is 4.90 Å². The molecule has 0 bridgehead atoms. The first-order valence-corrected chi connectivity index (χ1v) is 14.6. The van der Waals surface area contributed by atoms with Crippen LogP contribution < -0.4 is 10.6 Å². The molecule has 1 aromatic carbocycles. The SMILES string of the molecule is O=C(Nc1ccc(C(=O)N2CCN(C(=O)C3CCNCC3)CC2)c(Cl)c1)c1ncc(Cc2c(C(F)(F)F)n[nH]c2CCF)[nH]1. The Morgan fingerprint density at radius 2 is 1.77 bits per heavy atom. The van der Waals surface area contributed by atoms with Crippen molar-refractivity contribution >= 4 is 35.0 Å². The molecule has 2 aromatic heterocycles. The Morgan fingerprint density at radius 1 is 1.07 bits per heavy atom. The molecule has 5 rings (SSSR count). The molecule has 44 heavy (non-hydrogen) atoms. The number of carbonyl (C=O) groups excluding carboxylic acids is 3. The number of aryl methyl sites for hydroxylation is 1. The number of aromatic nitrogens is 4. The summed E-state index contributed by atoms with van der Waals surface area (Å²) in [5.74, 6) is -0.996. The van der Waals surface area contributed by atoms with Crippen LogP contribution in [-0.4, -0.2) is 93.6 Å². The lowest BCUT2D eigenvalue weighted by molar-refractivity contribution is -0.141.